The van der Waals surface area contributed by atoms with Gasteiger partial charge in [-0.05, 0) is 31.2 Å². The molecule has 0 N–H and O–H groups in total. The maximum absolute atomic E-state index is 4.63. The topological polar surface area (TPSA) is 24.7 Å². The van der Waals surface area contributed by atoms with Crippen molar-refractivity contribution in [1.82, 2.24) is 0 Å². The molecule has 0 amide bonds. The summed E-state index contributed by atoms with van der Waals surface area (Å²) in [5, 5.41) is 9.02. The van der Waals surface area contributed by atoms with Crippen LogP contribution in [0.3, 0.4) is 0 Å². The van der Waals surface area contributed by atoms with Gasteiger partial charge in [0.1, 0.15) is 5.54 Å². The van der Waals surface area contributed by atoms with Crippen LogP contribution in [-0.4, -0.2) is 6.54 Å². The average Bonchev–Trinajstić information content (AvgIpc) is 2.35. The minimum atomic E-state index is -0.177. The van der Waals surface area contributed by atoms with Gasteiger partial charge in [0.05, 0.1) is 6.54 Å². The number of hydrogen-bond donors (Lipinski definition) is 0. The SMILES string of the molecule is CCCC/N=N/C(C)(CC(C)C)c1ccccc1. The van der Waals surface area contributed by atoms with Gasteiger partial charge in [0.25, 0.3) is 0 Å². The first kappa shape index (κ1) is 14.9. The molecule has 0 aliphatic rings. The third-order valence-corrected chi connectivity index (χ3v) is 3.10. The number of hydrogen-bond acceptors (Lipinski definition) is 2. The standard InChI is InChI=1S/C16H26N2/c1-5-6-12-17-18-16(4,13-14(2)3)15-10-8-7-9-11-15/h7-11,14H,5-6,12-13H2,1-4H3/b18-17+. The second-order valence-electron chi connectivity index (χ2n) is 5.56. The fourth-order valence-electron chi connectivity index (χ4n) is 2.24. The predicted octanol–water partition coefficient (Wildman–Crippen LogP) is 5.20. The molecule has 0 aliphatic heterocycles. The summed E-state index contributed by atoms with van der Waals surface area (Å²) in [5.74, 6) is 0.611. The van der Waals surface area contributed by atoms with Gasteiger partial charge in [-0.1, -0.05) is 57.5 Å². The van der Waals surface area contributed by atoms with Gasteiger partial charge in [0, 0.05) is 0 Å². The Morgan fingerprint density at radius 1 is 1.17 bits per heavy atom. The van der Waals surface area contributed by atoms with Crippen molar-refractivity contribution in [2.75, 3.05) is 6.54 Å². The lowest BCUT2D eigenvalue weighted by Gasteiger charge is -2.26. The van der Waals surface area contributed by atoms with E-state index in [0.717, 1.165) is 19.4 Å². The van der Waals surface area contributed by atoms with Crippen LogP contribution in [0.15, 0.2) is 40.6 Å². The van der Waals surface area contributed by atoms with Crippen molar-refractivity contribution in [2.24, 2.45) is 16.1 Å². The van der Waals surface area contributed by atoms with Gasteiger partial charge < -0.3 is 0 Å². The molecule has 18 heavy (non-hydrogen) atoms. The molecule has 0 aliphatic carbocycles. The minimum absolute atomic E-state index is 0.177. The van der Waals surface area contributed by atoms with Gasteiger partial charge in [0.2, 0.25) is 0 Å². The van der Waals surface area contributed by atoms with E-state index in [9.17, 15) is 0 Å². The van der Waals surface area contributed by atoms with E-state index >= 15 is 0 Å². The zero-order chi connectivity index (χ0) is 13.4. The van der Waals surface area contributed by atoms with Gasteiger partial charge in [-0.2, -0.15) is 10.2 Å². The smallest absolute Gasteiger partial charge is 0.104 e. The third-order valence-electron chi connectivity index (χ3n) is 3.10. The highest BCUT2D eigenvalue weighted by molar-refractivity contribution is 5.23. The Morgan fingerprint density at radius 3 is 2.39 bits per heavy atom. The second-order valence-corrected chi connectivity index (χ2v) is 5.56. The molecule has 1 atom stereocenters. The molecule has 0 aromatic heterocycles. The first-order valence-electron chi connectivity index (χ1n) is 7.02. The number of nitrogens with zero attached hydrogens (tertiary/aromatic N) is 2. The molecule has 1 unspecified atom stereocenters. The van der Waals surface area contributed by atoms with E-state index in [-0.39, 0.29) is 5.54 Å². The maximum Gasteiger partial charge on any atom is 0.104 e. The lowest BCUT2D eigenvalue weighted by Crippen LogP contribution is -2.21. The van der Waals surface area contributed by atoms with Crippen LogP contribution < -0.4 is 0 Å². The van der Waals surface area contributed by atoms with Crippen LogP contribution in [0.1, 0.15) is 52.5 Å². The lowest BCUT2D eigenvalue weighted by molar-refractivity contribution is 0.364. The van der Waals surface area contributed by atoms with E-state index in [4.69, 9.17) is 0 Å². The van der Waals surface area contributed by atoms with E-state index in [1.165, 1.54) is 12.0 Å². The number of rotatable bonds is 7. The molecule has 2 heteroatoms. The summed E-state index contributed by atoms with van der Waals surface area (Å²) >= 11 is 0. The van der Waals surface area contributed by atoms with Crippen LogP contribution in [0.25, 0.3) is 0 Å². The summed E-state index contributed by atoms with van der Waals surface area (Å²) in [7, 11) is 0. The molecule has 0 radical (unpaired) electrons. The van der Waals surface area contributed by atoms with Crippen molar-refractivity contribution in [3.63, 3.8) is 0 Å². The van der Waals surface area contributed by atoms with Gasteiger partial charge in [-0.15, -0.1) is 0 Å². The van der Waals surface area contributed by atoms with E-state index in [1.54, 1.807) is 0 Å². The Labute approximate surface area is 112 Å². The molecule has 1 rings (SSSR count). The van der Waals surface area contributed by atoms with E-state index < -0.39 is 0 Å². The van der Waals surface area contributed by atoms with Crippen LogP contribution in [0, 0.1) is 5.92 Å². The van der Waals surface area contributed by atoms with Crippen LogP contribution >= 0.6 is 0 Å². The third kappa shape index (κ3) is 4.59. The Balaban J connectivity index is 2.85. The molecule has 0 fully saturated rings. The highest BCUT2D eigenvalue weighted by Gasteiger charge is 2.27. The molecular weight excluding hydrogens is 220 g/mol. The van der Waals surface area contributed by atoms with Gasteiger partial charge >= 0.3 is 0 Å². The Morgan fingerprint density at radius 2 is 1.83 bits per heavy atom. The van der Waals surface area contributed by atoms with Crippen LogP contribution in [-0.2, 0) is 5.54 Å². The molecule has 2 nitrogen and oxygen atoms in total. The lowest BCUT2D eigenvalue weighted by atomic mass is 9.85. The van der Waals surface area contributed by atoms with Crippen molar-refractivity contribution in [1.29, 1.82) is 0 Å². The van der Waals surface area contributed by atoms with Gasteiger partial charge in [-0.3, -0.25) is 0 Å². The van der Waals surface area contributed by atoms with Gasteiger partial charge in [-0.25, -0.2) is 0 Å². The highest BCUT2D eigenvalue weighted by atomic mass is 15.1. The zero-order valence-corrected chi connectivity index (χ0v) is 12.2. The molecule has 1 aromatic carbocycles. The summed E-state index contributed by atoms with van der Waals surface area (Å²) < 4.78 is 0. The summed E-state index contributed by atoms with van der Waals surface area (Å²) in [4.78, 5) is 0. The molecule has 1 aromatic rings. The van der Waals surface area contributed by atoms with Gasteiger partial charge in [0.15, 0.2) is 0 Å². The molecule has 0 heterocycles. The number of azo groups is 1. The van der Waals surface area contributed by atoms with E-state index in [0.29, 0.717) is 5.92 Å². The average molecular weight is 246 g/mol. The normalized spacial score (nSPS) is 15.2. The van der Waals surface area contributed by atoms with Crippen molar-refractivity contribution >= 4 is 0 Å². The monoisotopic (exact) mass is 246 g/mol. The summed E-state index contributed by atoms with van der Waals surface area (Å²) in [5.41, 5.74) is 1.09. The molecule has 0 saturated carbocycles. The Bertz CT molecular complexity index is 357. The molecule has 0 saturated heterocycles. The van der Waals surface area contributed by atoms with Crippen LogP contribution in [0.5, 0.6) is 0 Å². The first-order valence-corrected chi connectivity index (χ1v) is 7.02. The number of benzene rings is 1. The van der Waals surface area contributed by atoms with E-state index in [1.807, 2.05) is 6.07 Å². The van der Waals surface area contributed by atoms with Crippen molar-refractivity contribution in [3.8, 4) is 0 Å². The fourth-order valence-corrected chi connectivity index (χ4v) is 2.24. The van der Waals surface area contributed by atoms with Crippen LogP contribution in [0.4, 0.5) is 0 Å². The van der Waals surface area contributed by atoms with Crippen molar-refractivity contribution < 1.29 is 0 Å². The fraction of sp³-hybridized carbons (Fsp3) is 0.625. The Hall–Kier alpha value is -1.18. The molecule has 0 spiro atoms. The molecular formula is C16H26N2. The molecule has 0 bridgehead atoms. The summed E-state index contributed by atoms with van der Waals surface area (Å²) in [6.07, 6.45) is 3.33. The number of unbranched alkanes of at least 4 members (excludes halogenated alkanes) is 1. The highest BCUT2D eigenvalue weighted by Crippen LogP contribution is 2.32. The minimum Gasteiger partial charge on any atom is -0.193 e. The Kier molecular flexibility index (Phi) is 6.03. The second kappa shape index (κ2) is 7.30. The van der Waals surface area contributed by atoms with E-state index in [2.05, 4.69) is 62.2 Å². The first-order chi connectivity index (χ1) is 8.58. The van der Waals surface area contributed by atoms with Crippen molar-refractivity contribution in [2.45, 2.75) is 52.5 Å². The predicted molar refractivity (Wildman–Crippen MR) is 77.9 cm³/mol. The van der Waals surface area contributed by atoms with Crippen LogP contribution in [0.2, 0.25) is 0 Å². The van der Waals surface area contributed by atoms with Crippen molar-refractivity contribution in [3.05, 3.63) is 35.9 Å². The molecule has 100 valence electrons. The quantitative estimate of drug-likeness (QED) is 0.466. The summed E-state index contributed by atoms with van der Waals surface area (Å²) in [6, 6.07) is 10.5. The zero-order valence-electron chi connectivity index (χ0n) is 12.2. The largest absolute Gasteiger partial charge is 0.193 e. The summed E-state index contributed by atoms with van der Waals surface area (Å²) in [6.45, 7) is 9.69. The maximum atomic E-state index is 4.63.